The number of allylic oxidation sites excluding steroid dienone is 3. The Morgan fingerprint density at radius 2 is 1.83 bits per heavy atom. The zero-order chi connectivity index (χ0) is 9.72. The van der Waals surface area contributed by atoms with Crippen molar-refractivity contribution in [1.29, 1.82) is 0 Å². The highest BCUT2D eigenvalue weighted by Gasteiger charge is 2.03. The van der Waals surface area contributed by atoms with Gasteiger partial charge in [-0.25, -0.2) is 0 Å². The van der Waals surface area contributed by atoms with E-state index in [9.17, 15) is 5.11 Å². The molecule has 0 aromatic heterocycles. The first-order valence-electron chi connectivity index (χ1n) is 3.77. The van der Waals surface area contributed by atoms with Gasteiger partial charge in [-0.15, -0.1) is 0 Å². The van der Waals surface area contributed by atoms with E-state index in [4.69, 9.17) is 4.74 Å². The summed E-state index contributed by atoms with van der Waals surface area (Å²) in [6.45, 7) is 9.18. The van der Waals surface area contributed by atoms with E-state index in [0.717, 1.165) is 11.1 Å². The number of aliphatic hydroxyl groups excluding tert-OH is 1. The van der Waals surface area contributed by atoms with Crippen LogP contribution in [0, 0.1) is 0 Å². The van der Waals surface area contributed by atoms with Crippen molar-refractivity contribution in [2.24, 2.45) is 0 Å². The van der Waals surface area contributed by atoms with Crippen molar-refractivity contribution in [2.75, 3.05) is 7.11 Å². The van der Waals surface area contributed by atoms with Crippen LogP contribution in [0.5, 0.6) is 0 Å². The topological polar surface area (TPSA) is 29.5 Å². The molecule has 0 aliphatic heterocycles. The lowest BCUT2D eigenvalue weighted by Gasteiger charge is -2.06. The Morgan fingerprint density at radius 3 is 2.08 bits per heavy atom. The molecule has 68 valence electrons. The van der Waals surface area contributed by atoms with Gasteiger partial charge in [0.05, 0.1) is 7.11 Å². The molecule has 0 saturated heterocycles. The lowest BCUT2D eigenvalue weighted by Crippen LogP contribution is -1.94. The van der Waals surface area contributed by atoms with Crippen LogP contribution in [-0.2, 0) is 4.74 Å². The van der Waals surface area contributed by atoms with E-state index in [-0.39, 0.29) is 5.76 Å². The summed E-state index contributed by atoms with van der Waals surface area (Å²) in [5.41, 5.74) is 1.67. The van der Waals surface area contributed by atoms with Crippen LogP contribution >= 0.6 is 0 Å². The summed E-state index contributed by atoms with van der Waals surface area (Å²) in [5.74, 6) is 0.642. The molecule has 12 heavy (non-hydrogen) atoms. The Hall–Kier alpha value is -1.18. The minimum Gasteiger partial charge on any atom is -0.504 e. The molecule has 0 amide bonds. The van der Waals surface area contributed by atoms with Crippen LogP contribution in [0.25, 0.3) is 0 Å². The van der Waals surface area contributed by atoms with Crippen LogP contribution in [0.3, 0.4) is 0 Å². The van der Waals surface area contributed by atoms with Gasteiger partial charge < -0.3 is 9.84 Å². The van der Waals surface area contributed by atoms with Crippen molar-refractivity contribution in [3.8, 4) is 0 Å². The summed E-state index contributed by atoms with van der Waals surface area (Å²) in [6, 6.07) is 0. The highest BCUT2D eigenvalue weighted by Crippen LogP contribution is 2.13. The number of methoxy groups -OCH3 is 1. The third-order valence-electron chi connectivity index (χ3n) is 1.30. The van der Waals surface area contributed by atoms with Crippen LogP contribution in [0.4, 0.5) is 0 Å². The molecule has 1 N–H and O–H groups in total. The molecule has 0 radical (unpaired) electrons. The van der Waals surface area contributed by atoms with Crippen molar-refractivity contribution in [2.45, 2.75) is 20.8 Å². The summed E-state index contributed by atoms with van der Waals surface area (Å²) in [6.07, 6.45) is 1.70. The molecule has 0 aromatic rings. The van der Waals surface area contributed by atoms with Crippen molar-refractivity contribution < 1.29 is 9.84 Å². The Labute approximate surface area is 73.9 Å². The van der Waals surface area contributed by atoms with E-state index < -0.39 is 0 Å². The van der Waals surface area contributed by atoms with Gasteiger partial charge in [0.1, 0.15) is 0 Å². The van der Waals surface area contributed by atoms with E-state index >= 15 is 0 Å². The molecule has 0 heterocycles. The minimum atomic E-state index is 0.181. The number of hydrogen-bond donors (Lipinski definition) is 1. The first kappa shape index (κ1) is 10.8. The second kappa shape index (κ2) is 4.65. The molecule has 0 unspecified atom stereocenters. The predicted octanol–water partition coefficient (Wildman–Crippen LogP) is 2.94. The van der Waals surface area contributed by atoms with Gasteiger partial charge in [0.25, 0.3) is 0 Å². The van der Waals surface area contributed by atoms with Crippen LogP contribution < -0.4 is 0 Å². The summed E-state index contributed by atoms with van der Waals surface area (Å²) < 4.78 is 4.98. The summed E-state index contributed by atoms with van der Waals surface area (Å²) in [4.78, 5) is 0. The predicted molar refractivity (Wildman–Crippen MR) is 50.9 cm³/mol. The van der Waals surface area contributed by atoms with E-state index in [0.29, 0.717) is 5.76 Å². The summed E-state index contributed by atoms with van der Waals surface area (Å²) in [5, 5.41) is 9.48. The molecule has 0 bridgehead atoms. The van der Waals surface area contributed by atoms with Gasteiger partial charge in [-0.2, -0.15) is 0 Å². The Morgan fingerprint density at radius 1 is 1.33 bits per heavy atom. The van der Waals surface area contributed by atoms with Crippen LogP contribution in [0.1, 0.15) is 20.8 Å². The molecular formula is C10H16O2. The smallest absolute Gasteiger partial charge is 0.160 e. The van der Waals surface area contributed by atoms with Crippen LogP contribution in [-0.4, -0.2) is 12.2 Å². The Bertz CT molecular complexity index is 230. The van der Waals surface area contributed by atoms with Gasteiger partial charge in [0, 0.05) is 0 Å². The van der Waals surface area contributed by atoms with Gasteiger partial charge in [-0.1, -0.05) is 12.2 Å². The first-order valence-corrected chi connectivity index (χ1v) is 3.77. The number of ether oxygens (including phenoxy) is 1. The van der Waals surface area contributed by atoms with Crippen LogP contribution in [0.15, 0.2) is 35.3 Å². The van der Waals surface area contributed by atoms with Crippen LogP contribution in [0.2, 0.25) is 0 Å². The third kappa shape index (κ3) is 3.28. The van der Waals surface area contributed by atoms with E-state index in [2.05, 4.69) is 6.58 Å². The van der Waals surface area contributed by atoms with E-state index in [1.54, 1.807) is 6.08 Å². The van der Waals surface area contributed by atoms with Gasteiger partial charge in [0.2, 0.25) is 0 Å². The monoisotopic (exact) mass is 168 g/mol. The standard InChI is InChI=1S/C10H16O2/c1-7(2)6-9(12-5)10(11)8(3)4/h6,11H,1H2,2-5H3/b9-6+. The van der Waals surface area contributed by atoms with Gasteiger partial charge >= 0.3 is 0 Å². The molecule has 0 spiro atoms. The number of aliphatic hydroxyl groups is 1. The van der Waals surface area contributed by atoms with E-state index in [1.807, 2.05) is 20.8 Å². The fraction of sp³-hybridized carbons (Fsp3) is 0.400. The highest BCUT2D eigenvalue weighted by molar-refractivity contribution is 5.29. The average Bonchev–Trinajstić information content (AvgIpc) is 1.98. The molecule has 0 saturated carbocycles. The van der Waals surface area contributed by atoms with Crippen molar-refractivity contribution in [1.82, 2.24) is 0 Å². The fourth-order valence-electron chi connectivity index (χ4n) is 0.694. The van der Waals surface area contributed by atoms with Gasteiger partial charge in [-0.05, 0) is 32.4 Å². The number of hydrogen-bond acceptors (Lipinski definition) is 2. The molecular weight excluding hydrogens is 152 g/mol. The SMILES string of the molecule is C=C(C)/C=C(/OC)C(O)=C(C)C. The van der Waals surface area contributed by atoms with Gasteiger partial charge in [0.15, 0.2) is 11.5 Å². The van der Waals surface area contributed by atoms with Gasteiger partial charge in [-0.3, -0.25) is 0 Å². The number of rotatable bonds is 3. The minimum absolute atomic E-state index is 0.181. The molecule has 0 aromatic carbocycles. The largest absolute Gasteiger partial charge is 0.504 e. The lowest BCUT2D eigenvalue weighted by molar-refractivity contribution is 0.253. The molecule has 0 atom stereocenters. The normalized spacial score (nSPS) is 10.8. The maximum Gasteiger partial charge on any atom is 0.160 e. The second-order valence-corrected chi connectivity index (χ2v) is 2.91. The lowest BCUT2D eigenvalue weighted by atomic mass is 10.2. The quantitative estimate of drug-likeness (QED) is 0.518. The molecule has 0 aliphatic carbocycles. The van der Waals surface area contributed by atoms with Crippen molar-refractivity contribution >= 4 is 0 Å². The summed E-state index contributed by atoms with van der Waals surface area (Å²) in [7, 11) is 1.52. The molecule has 2 nitrogen and oxygen atoms in total. The molecule has 0 rings (SSSR count). The molecule has 2 heteroatoms. The third-order valence-corrected chi connectivity index (χ3v) is 1.30. The van der Waals surface area contributed by atoms with E-state index in [1.165, 1.54) is 7.11 Å². The zero-order valence-electron chi connectivity index (χ0n) is 8.14. The molecule has 0 fully saturated rings. The second-order valence-electron chi connectivity index (χ2n) is 2.91. The fourth-order valence-corrected chi connectivity index (χ4v) is 0.694. The average molecular weight is 168 g/mol. The maximum atomic E-state index is 9.48. The Kier molecular flexibility index (Phi) is 4.19. The maximum absolute atomic E-state index is 9.48. The highest BCUT2D eigenvalue weighted by atomic mass is 16.5. The molecule has 0 aliphatic rings. The van der Waals surface area contributed by atoms with Crippen molar-refractivity contribution in [3.63, 3.8) is 0 Å². The van der Waals surface area contributed by atoms with Crippen molar-refractivity contribution in [3.05, 3.63) is 35.3 Å². The zero-order valence-corrected chi connectivity index (χ0v) is 8.14. The summed E-state index contributed by atoms with van der Waals surface area (Å²) >= 11 is 0. The first-order chi connectivity index (χ1) is 5.49. The Balaban J connectivity index is 4.81.